The smallest absolute Gasteiger partial charge is 0.191 e. The van der Waals surface area contributed by atoms with Crippen LogP contribution >= 0.6 is 0 Å². The summed E-state index contributed by atoms with van der Waals surface area (Å²) in [7, 11) is 2.21. The van der Waals surface area contributed by atoms with Crippen LogP contribution in [0.4, 0.5) is 0 Å². The summed E-state index contributed by atoms with van der Waals surface area (Å²) in [6, 6.07) is 8.15. The highest BCUT2D eigenvalue weighted by Crippen LogP contribution is 2.19. The molecule has 0 spiro atoms. The van der Waals surface area contributed by atoms with E-state index in [1.165, 1.54) is 37.9 Å². The van der Waals surface area contributed by atoms with E-state index < -0.39 is 0 Å². The molecule has 5 nitrogen and oxygen atoms in total. The molecule has 1 saturated heterocycles. The summed E-state index contributed by atoms with van der Waals surface area (Å²) in [5.41, 5.74) is 1.25. The molecule has 0 atom stereocenters. The van der Waals surface area contributed by atoms with Crippen molar-refractivity contribution in [2.24, 2.45) is 10.9 Å². The second-order valence-corrected chi connectivity index (χ2v) is 6.88. The second kappa shape index (κ2) is 11.0. The Morgan fingerprint density at radius 3 is 2.60 bits per heavy atom. The average molecular weight is 347 g/mol. The molecule has 0 radical (unpaired) electrons. The van der Waals surface area contributed by atoms with Gasteiger partial charge in [-0.3, -0.25) is 4.99 Å². The predicted octanol–water partition coefficient (Wildman–Crippen LogP) is 2.66. The molecule has 5 heteroatoms. The van der Waals surface area contributed by atoms with Gasteiger partial charge in [0, 0.05) is 13.1 Å². The Balaban J connectivity index is 1.65. The van der Waals surface area contributed by atoms with E-state index in [-0.39, 0.29) is 0 Å². The molecule has 2 rings (SSSR count). The first-order valence-electron chi connectivity index (χ1n) is 9.57. The fourth-order valence-electron chi connectivity index (χ4n) is 3.02. The summed E-state index contributed by atoms with van der Waals surface area (Å²) in [5.74, 6) is 2.63. The van der Waals surface area contributed by atoms with Gasteiger partial charge in [0.2, 0.25) is 0 Å². The maximum Gasteiger partial charge on any atom is 0.191 e. The van der Waals surface area contributed by atoms with Crippen LogP contribution in [0.5, 0.6) is 5.75 Å². The number of hydrogen-bond acceptors (Lipinski definition) is 3. The van der Waals surface area contributed by atoms with Gasteiger partial charge in [-0.05, 0) is 71.3 Å². The topological polar surface area (TPSA) is 48.9 Å². The molecular weight excluding hydrogens is 312 g/mol. The molecule has 0 bridgehead atoms. The largest absolute Gasteiger partial charge is 0.492 e. The highest BCUT2D eigenvalue weighted by Gasteiger charge is 2.15. The Bertz CT molecular complexity index is 507. The molecule has 0 unspecified atom stereocenters. The zero-order valence-corrected chi connectivity index (χ0v) is 16.1. The fraction of sp³-hybridized carbons (Fsp3) is 0.650. The van der Waals surface area contributed by atoms with Crippen LogP contribution in [-0.2, 0) is 0 Å². The van der Waals surface area contributed by atoms with Crippen LogP contribution in [0.3, 0.4) is 0 Å². The van der Waals surface area contributed by atoms with Crippen molar-refractivity contribution in [3.05, 3.63) is 29.8 Å². The molecule has 1 aliphatic heterocycles. The molecule has 1 aromatic carbocycles. The maximum atomic E-state index is 5.75. The molecule has 1 heterocycles. The van der Waals surface area contributed by atoms with Crippen molar-refractivity contribution in [1.82, 2.24) is 15.5 Å². The first-order valence-corrected chi connectivity index (χ1v) is 9.57. The third-order valence-corrected chi connectivity index (χ3v) is 4.67. The van der Waals surface area contributed by atoms with Crippen molar-refractivity contribution >= 4 is 5.96 Å². The molecule has 0 amide bonds. The summed E-state index contributed by atoms with van der Waals surface area (Å²) >= 11 is 0. The Morgan fingerprint density at radius 2 is 1.92 bits per heavy atom. The molecule has 0 aliphatic carbocycles. The van der Waals surface area contributed by atoms with Crippen LogP contribution < -0.4 is 15.4 Å². The third kappa shape index (κ3) is 7.78. The number of aryl methyl sites for hydroxylation is 1. The highest BCUT2D eigenvalue weighted by molar-refractivity contribution is 5.79. The maximum absolute atomic E-state index is 5.75. The van der Waals surface area contributed by atoms with Crippen molar-refractivity contribution in [3.8, 4) is 5.75 Å². The minimum atomic E-state index is 0.627. The van der Waals surface area contributed by atoms with Gasteiger partial charge in [-0.15, -0.1) is 0 Å². The Kier molecular flexibility index (Phi) is 8.60. The third-order valence-electron chi connectivity index (χ3n) is 4.67. The molecule has 1 aromatic rings. The number of nitrogens with one attached hydrogen (secondary N) is 2. The van der Waals surface area contributed by atoms with E-state index >= 15 is 0 Å². The van der Waals surface area contributed by atoms with Crippen molar-refractivity contribution in [2.75, 3.05) is 46.4 Å². The van der Waals surface area contributed by atoms with E-state index in [9.17, 15) is 0 Å². The van der Waals surface area contributed by atoms with Gasteiger partial charge in [0.05, 0.1) is 6.54 Å². The number of piperidine rings is 1. The summed E-state index contributed by atoms with van der Waals surface area (Å²) in [6.45, 7) is 9.76. The van der Waals surface area contributed by atoms with Crippen molar-refractivity contribution in [1.29, 1.82) is 0 Å². The number of aliphatic imine (C=N–C) groups is 1. The SMILES string of the molecule is CCNC(=NCCC1CCN(C)CC1)NCCOc1ccc(C)cc1. The van der Waals surface area contributed by atoms with Crippen LogP contribution in [0.15, 0.2) is 29.3 Å². The van der Waals surface area contributed by atoms with Gasteiger partial charge in [0.25, 0.3) is 0 Å². The second-order valence-electron chi connectivity index (χ2n) is 6.88. The van der Waals surface area contributed by atoms with Gasteiger partial charge < -0.3 is 20.3 Å². The lowest BCUT2D eigenvalue weighted by atomic mass is 9.94. The molecule has 140 valence electrons. The molecule has 1 aliphatic rings. The van der Waals surface area contributed by atoms with Crippen LogP contribution in [0.1, 0.15) is 31.7 Å². The van der Waals surface area contributed by atoms with E-state index in [0.717, 1.165) is 37.3 Å². The quantitative estimate of drug-likeness (QED) is 0.432. The van der Waals surface area contributed by atoms with E-state index in [1.54, 1.807) is 0 Å². The van der Waals surface area contributed by atoms with Crippen molar-refractivity contribution in [2.45, 2.75) is 33.1 Å². The minimum absolute atomic E-state index is 0.627. The number of benzene rings is 1. The molecule has 0 saturated carbocycles. The Hall–Kier alpha value is -1.75. The van der Waals surface area contributed by atoms with Gasteiger partial charge in [-0.1, -0.05) is 17.7 Å². The van der Waals surface area contributed by atoms with Crippen LogP contribution in [-0.4, -0.2) is 57.2 Å². The van der Waals surface area contributed by atoms with Gasteiger partial charge in [-0.2, -0.15) is 0 Å². The van der Waals surface area contributed by atoms with E-state index in [1.807, 2.05) is 12.1 Å². The number of likely N-dealkylation sites (tertiary alicyclic amines) is 1. The number of ether oxygens (including phenoxy) is 1. The summed E-state index contributed by atoms with van der Waals surface area (Å²) in [4.78, 5) is 7.12. The number of hydrogen-bond donors (Lipinski definition) is 2. The molecular formula is C20H34N4O. The summed E-state index contributed by atoms with van der Waals surface area (Å²) < 4.78 is 5.75. The first kappa shape index (κ1) is 19.6. The van der Waals surface area contributed by atoms with Gasteiger partial charge >= 0.3 is 0 Å². The summed E-state index contributed by atoms with van der Waals surface area (Å²) in [5, 5.41) is 6.66. The fourth-order valence-corrected chi connectivity index (χ4v) is 3.02. The zero-order valence-electron chi connectivity index (χ0n) is 16.1. The van der Waals surface area contributed by atoms with Crippen LogP contribution in [0.2, 0.25) is 0 Å². The lowest BCUT2D eigenvalue weighted by Gasteiger charge is -2.28. The molecule has 2 N–H and O–H groups in total. The number of nitrogens with zero attached hydrogens (tertiary/aromatic N) is 2. The van der Waals surface area contributed by atoms with Gasteiger partial charge in [0.15, 0.2) is 5.96 Å². The van der Waals surface area contributed by atoms with E-state index in [4.69, 9.17) is 9.73 Å². The van der Waals surface area contributed by atoms with Gasteiger partial charge in [-0.25, -0.2) is 0 Å². The Morgan fingerprint density at radius 1 is 1.20 bits per heavy atom. The van der Waals surface area contributed by atoms with Crippen LogP contribution in [0, 0.1) is 12.8 Å². The number of rotatable bonds is 8. The van der Waals surface area contributed by atoms with Crippen molar-refractivity contribution < 1.29 is 4.74 Å². The van der Waals surface area contributed by atoms with E-state index in [2.05, 4.69) is 48.6 Å². The molecule has 1 fully saturated rings. The molecule has 25 heavy (non-hydrogen) atoms. The minimum Gasteiger partial charge on any atom is -0.492 e. The Labute approximate surface area is 152 Å². The lowest BCUT2D eigenvalue weighted by molar-refractivity contribution is 0.214. The van der Waals surface area contributed by atoms with Crippen molar-refractivity contribution in [3.63, 3.8) is 0 Å². The standard InChI is InChI=1S/C20H34N4O/c1-4-21-20(22-12-9-18-10-14-24(3)15-11-18)23-13-16-25-19-7-5-17(2)6-8-19/h5-8,18H,4,9-16H2,1-3H3,(H2,21,22,23). The average Bonchev–Trinajstić information content (AvgIpc) is 2.62. The predicted molar refractivity (Wildman–Crippen MR) is 105 cm³/mol. The van der Waals surface area contributed by atoms with Crippen LogP contribution in [0.25, 0.3) is 0 Å². The van der Waals surface area contributed by atoms with Gasteiger partial charge in [0.1, 0.15) is 12.4 Å². The zero-order chi connectivity index (χ0) is 17.9. The number of guanidine groups is 1. The lowest BCUT2D eigenvalue weighted by Crippen LogP contribution is -2.39. The summed E-state index contributed by atoms with van der Waals surface area (Å²) in [6.07, 6.45) is 3.80. The first-order chi connectivity index (χ1) is 12.2. The monoisotopic (exact) mass is 346 g/mol. The highest BCUT2D eigenvalue weighted by atomic mass is 16.5. The van der Waals surface area contributed by atoms with E-state index in [0.29, 0.717) is 6.61 Å². The normalized spacial score (nSPS) is 16.7. The molecule has 0 aromatic heterocycles.